The third kappa shape index (κ3) is 6.96. The Kier molecular flexibility index (Phi) is 8.90. The van der Waals surface area contributed by atoms with Gasteiger partial charge in [0.05, 0.1) is 5.41 Å². The predicted octanol–water partition coefficient (Wildman–Crippen LogP) is 3.36. The summed E-state index contributed by atoms with van der Waals surface area (Å²) in [6.45, 7) is 10.6. The van der Waals surface area contributed by atoms with Crippen molar-refractivity contribution in [2.24, 2.45) is 5.41 Å². The van der Waals surface area contributed by atoms with Gasteiger partial charge in [-0.15, -0.1) is 11.6 Å². The van der Waals surface area contributed by atoms with Crippen LogP contribution in [0, 0.1) is 11.2 Å². The number of nitrogens with zero attached hydrogens (tertiary/aromatic N) is 3. The Labute approximate surface area is 178 Å². The Morgan fingerprint density at radius 3 is 2.31 bits per heavy atom. The van der Waals surface area contributed by atoms with E-state index in [1.165, 1.54) is 12.1 Å². The van der Waals surface area contributed by atoms with Crippen molar-refractivity contribution in [3.63, 3.8) is 0 Å². The maximum atomic E-state index is 13.2. The second kappa shape index (κ2) is 10.9. The molecule has 0 atom stereocenters. The third-order valence-corrected chi connectivity index (χ3v) is 6.03. The first-order chi connectivity index (χ1) is 13.8. The molecule has 29 heavy (non-hydrogen) atoms. The summed E-state index contributed by atoms with van der Waals surface area (Å²) in [6, 6.07) is 6.31. The molecule has 0 unspecified atom stereocenters. The maximum Gasteiger partial charge on any atom is 0.229 e. The summed E-state index contributed by atoms with van der Waals surface area (Å²) in [7, 11) is 0. The summed E-state index contributed by atoms with van der Waals surface area (Å²) in [5.74, 6) is 0.256. The molecule has 0 N–H and O–H groups in total. The van der Waals surface area contributed by atoms with Gasteiger partial charge in [0.1, 0.15) is 5.82 Å². The van der Waals surface area contributed by atoms with Crippen LogP contribution in [0.2, 0.25) is 0 Å². The lowest BCUT2D eigenvalue weighted by molar-refractivity contribution is -0.141. The predicted molar refractivity (Wildman–Crippen MR) is 114 cm³/mol. The van der Waals surface area contributed by atoms with Crippen LogP contribution < -0.4 is 0 Å². The zero-order valence-electron chi connectivity index (χ0n) is 17.8. The highest BCUT2D eigenvalue weighted by Crippen LogP contribution is 2.21. The van der Waals surface area contributed by atoms with Crippen LogP contribution in [0.4, 0.5) is 4.39 Å². The minimum atomic E-state index is -0.539. The number of piperazine rings is 1. The molecule has 0 saturated carbocycles. The van der Waals surface area contributed by atoms with E-state index < -0.39 is 5.41 Å². The van der Waals surface area contributed by atoms with Gasteiger partial charge in [0.15, 0.2) is 0 Å². The quantitative estimate of drug-likeness (QED) is 0.570. The first kappa shape index (κ1) is 23.6. The molecule has 1 saturated heterocycles. The number of alkyl halides is 1. The average Bonchev–Trinajstić information content (AvgIpc) is 2.72. The van der Waals surface area contributed by atoms with Gasteiger partial charge >= 0.3 is 0 Å². The number of halogens is 2. The Morgan fingerprint density at radius 1 is 1.14 bits per heavy atom. The molecule has 162 valence electrons. The monoisotopic (exact) mass is 425 g/mol. The van der Waals surface area contributed by atoms with E-state index in [2.05, 4.69) is 4.90 Å². The van der Waals surface area contributed by atoms with Crippen LogP contribution in [0.1, 0.15) is 39.2 Å². The van der Waals surface area contributed by atoms with E-state index in [0.29, 0.717) is 38.5 Å². The van der Waals surface area contributed by atoms with Crippen molar-refractivity contribution in [1.82, 2.24) is 14.7 Å². The van der Waals surface area contributed by atoms with Gasteiger partial charge in [-0.2, -0.15) is 0 Å². The molecule has 1 fully saturated rings. The van der Waals surface area contributed by atoms with Gasteiger partial charge in [-0.3, -0.25) is 14.5 Å². The fourth-order valence-electron chi connectivity index (χ4n) is 3.40. The smallest absolute Gasteiger partial charge is 0.229 e. The van der Waals surface area contributed by atoms with E-state index in [1.807, 2.05) is 30.6 Å². The molecule has 0 bridgehead atoms. The first-order valence-corrected chi connectivity index (χ1v) is 10.9. The summed E-state index contributed by atoms with van der Waals surface area (Å²) in [5, 5.41) is 0. The lowest BCUT2D eigenvalue weighted by Gasteiger charge is -2.38. The van der Waals surface area contributed by atoms with E-state index in [9.17, 15) is 14.0 Å². The third-order valence-electron chi connectivity index (χ3n) is 5.36. The molecule has 1 aromatic carbocycles. The Hall–Kier alpha value is -1.66. The fraction of sp³-hybridized carbons (Fsp3) is 0.636. The molecule has 2 amide bonds. The molecule has 0 radical (unpaired) electrons. The van der Waals surface area contributed by atoms with Crippen molar-refractivity contribution in [3.05, 3.63) is 35.6 Å². The minimum Gasteiger partial charge on any atom is -0.340 e. The van der Waals surface area contributed by atoms with Crippen molar-refractivity contribution in [2.75, 3.05) is 45.1 Å². The molecule has 1 heterocycles. The van der Waals surface area contributed by atoms with Crippen LogP contribution in [0.3, 0.4) is 0 Å². The lowest BCUT2D eigenvalue weighted by atomic mass is 9.94. The van der Waals surface area contributed by atoms with Crippen molar-refractivity contribution < 1.29 is 14.0 Å². The topological polar surface area (TPSA) is 43.9 Å². The second-order valence-electron chi connectivity index (χ2n) is 8.34. The fourth-order valence-corrected chi connectivity index (χ4v) is 3.51. The molecule has 1 aliphatic rings. The minimum absolute atomic E-state index is 0.100. The van der Waals surface area contributed by atoms with Gasteiger partial charge in [-0.1, -0.05) is 19.1 Å². The average molecular weight is 426 g/mol. The maximum absolute atomic E-state index is 13.2. The number of amides is 2. The highest BCUT2D eigenvalue weighted by molar-refractivity contribution is 6.19. The van der Waals surface area contributed by atoms with E-state index in [1.54, 1.807) is 12.1 Å². The molecule has 1 aromatic rings. The zero-order chi connectivity index (χ0) is 21.4. The Morgan fingerprint density at radius 2 is 1.76 bits per heavy atom. The van der Waals surface area contributed by atoms with E-state index in [0.717, 1.165) is 31.6 Å². The van der Waals surface area contributed by atoms with Crippen LogP contribution in [0.5, 0.6) is 0 Å². The van der Waals surface area contributed by atoms with Gasteiger partial charge in [0, 0.05) is 58.1 Å². The number of benzene rings is 1. The number of hydrogen-bond acceptors (Lipinski definition) is 3. The molecule has 7 heteroatoms. The van der Waals surface area contributed by atoms with Gasteiger partial charge in [-0.05, 0) is 38.0 Å². The van der Waals surface area contributed by atoms with Crippen LogP contribution in [-0.2, 0) is 16.1 Å². The standard InChI is InChI=1S/C22H33ClFN3O2/c1-4-5-20(28)27(16-18-6-8-19(24)9-7-18)15-12-25-10-13-26(14-11-25)21(29)22(2,3)17-23/h6-9H,4-5,10-17H2,1-3H3. The number of carbonyl (C=O) groups is 2. The zero-order valence-corrected chi connectivity index (χ0v) is 18.6. The molecule has 5 nitrogen and oxygen atoms in total. The SMILES string of the molecule is CCCC(=O)N(CCN1CCN(C(=O)C(C)(C)CCl)CC1)Cc1ccc(F)cc1. The summed E-state index contributed by atoms with van der Waals surface area (Å²) in [6.07, 6.45) is 1.31. The molecule has 1 aliphatic heterocycles. The van der Waals surface area contributed by atoms with Gasteiger partial charge in [0.2, 0.25) is 11.8 Å². The van der Waals surface area contributed by atoms with Crippen LogP contribution >= 0.6 is 11.6 Å². The molecular weight excluding hydrogens is 393 g/mol. The number of carbonyl (C=O) groups excluding carboxylic acids is 2. The van der Waals surface area contributed by atoms with Gasteiger partial charge in [0.25, 0.3) is 0 Å². The molecular formula is C22H33ClFN3O2. The Balaban J connectivity index is 1.88. The highest BCUT2D eigenvalue weighted by Gasteiger charge is 2.33. The summed E-state index contributed by atoms with van der Waals surface area (Å²) >= 11 is 5.93. The van der Waals surface area contributed by atoms with E-state index in [4.69, 9.17) is 11.6 Å². The Bertz CT molecular complexity index is 673. The van der Waals surface area contributed by atoms with Crippen molar-refractivity contribution in [1.29, 1.82) is 0 Å². The van der Waals surface area contributed by atoms with Crippen LogP contribution in [0.25, 0.3) is 0 Å². The number of hydrogen-bond donors (Lipinski definition) is 0. The van der Waals surface area contributed by atoms with Crippen molar-refractivity contribution >= 4 is 23.4 Å². The van der Waals surface area contributed by atoms with Gasteiger partial charge in [-0.25, -0.2) is 4.39 Å². The van der Waals surface area contributed by atoms with Crippen molar-refractivity contribution in [2.45, 2.75) is 40.2 Å². The van der Waals surface area contributed by atoms with E-state index >= 15 is 0 Å². The van der Waals surface area contributed by atoms with Crippen molar-refractivity contribution in [3.8, 4) is 0 Å². The normalized spacial score (nSPS) is 15.4. The molecule has 0 aliphatic carbocycles. The van der Waals surface area contributed by atoms with Crippen LogP contribution in [0.15, 0.2) is 24.3 Å². The molecule has 2 rings (SSSR count). The molecule has 0 aromatic heterocycles. The summed E-state index contributed by atoms with van der Waals surface area (Å²) in [4.78, 5) is 31.1. The highest BCUT2D eigenvalue weighted by atomic mass is 35.5. The second-order valence-corrected chi connectivity index (χ2v) is 8.61. The summed E-state index contributed by atoms with van der Waals surface area (Å²) in [5.41, 5.74) is 0.386. The van der Waals surface area contributed by atoms with Crippen LogP contribution in [-0.4, -0.2) is 71.7 Å². The van der Waals surface area contributed by atoms with Gasteiger partial charge < -0.3 is 9.80 Å². The summed E-state index contributed by atoms with van der Waals surface area (Å²) < 4.78 is 13.2. The lowest BCUT2D eigenvalue weighted by Crippen LogP contribution is -2.53. The number of rotatable bonds is 9. The first-order valence-electron chi connectivity index (χ1n) is 10.4. The largest absolute Gasteiger partial charge is 0.340 e. The molecule has 0 spiro atoms. The van der Waals surface area contributed by atoms with E-state index in [-0.39, 0.29) is 17.6 Å².